The van der Waals surface area contributed by atoms with Gasteiger partial charge in [-0.05, 0) is 30.4 Å². The molecule has 148 valence electrons. The van der Waals surface area contributed by atoms with Gasteiger partial charge < -0.3 is 4.74 Å². The number of rotatable bonds is 6. The highest BCUT2D eigenvalue weighted by molar-refractivity contribution is 8.00. The van der Waals surface area contributed by atoms with Crippen LogP contribution in [0.25, 0.3) is 15.9 Å². The number of ether oxygens (including phenoxy) is 1. The minimum atomic E-state index is -0.282. The predicted octanol–water partition coefficient (Wildman–Crippen LogP) is 4.39. The number of aryl methyl sites for hydroxylation is 2. The van der Waals surface area contributed by atoms with Gasteiger partial charge in [-0.1, -0.05) is 53.9 Å². The number of nitrogens with zero attached hydrogens (tertiary/aromatic N) is 4. The lowest BCUT2D eigenvalue weighted by atomic mass is 10.2. The molecule has 6 nitrogen and oxygen atoms in total. The molecule has 0 saturated heterocycles. The lowest BCUT2D eigenvalue weighted by molar-refractivity contribution is -0.137. The van der Waals surface area contributed by atoms with Crippen LogP contribution in [0.5, 0.6) is 0 Å². The van der Waals surface area contributed by atoms with Crippen molar-refractivity contribution in [1.82, 2.24) is 19.6 Å². The van der Waals surface area contributed by atoms with Crippen LogP contribution in [0, 0.1) is 0 Å². The summed E-state index contributed by atoms with van der Waals surface area (Å²) < 4.78 is 6.79. The van der Waals surface area contributed by atoms with Crippen molar-refractivity contribution in [2.75, 3.05) is 12.9 Å². The summed E-state index contributed by atoms with van der Waals surface area (Å²) in [5.41, 5.74) is 3.45. The second-order valence-electron chi connectivity index (χ2n) is 6.71. The van der Waals surface area contributed by atoms with E-state index in [0.29, 0.717) is 5.16 Å². The second kappa shape index (κ2) is 7.97. The molecule has 0 radical (unpaired) electrons. The first-order valence-electron chi connectivity index (χ1n) is 9.30. The molecule has 3 aromatic heterocycles. The summed E-state index contributed by atoms with van der Waals surface area (Å²) >= 11 is 4.78. The van der Waals surface area contributed by atoms with Gasteiger partial charge >= 0.3 is 5.97 Å². The van der Waals surface area contributed by atoms with Crippen LogP contribution in [0.2, 0.25) is 0 Å². The fourth-order valence-electron chi connectivity index (χ4n) is 3.54. The van der Waals surface area contributed by atoms with Gasteiger partial charge in [0, 0.05) is 10.6 Å². The number of carbonyl (C=O) groups excluding carboxylic acids is 1. The molecule has 0 amide bonds. The number of aromatic nitrogens is 4. The van der Waals surface area contributed by atoms with Crippen molar-refractivity contribution < 1.29 is 9.53 Å². The summed E-state index contributed by atoms with van der Waals surface area (Å²) in [6, 6.07) is 10.3. The molecule has 0 spiro atoms. The Labute approximate surface area is 180 Å². The number of hydrogen-bond donors (Lipinski definition) is 0. The Morgan fingerprint density at radius 3 is 2.86 bits per heavy atom. The van der Waals surface area contributed by atoms with Gasteiger partial charge in [0.05, 0.1) is 18.2 Å². The van der Waals surface area contributed by atoms with E-state index in [1.54, 1.807) is 23.1 Å². The Hall–Kier alpha value is -2.10. The molecule has 1 aliphatic rings. The van der Waals surface area contributed by atoms with Crippen LogP contribution < -0.4 is 0 Å². The third-order valence-corrected chi connectivity index (χ3v) is 8.00. The molecule has 29 heavy (non-hydrogen) atoms. The molecule has 4 aromatic rings. The van der Waals surface area contributed by atoms with Crippen molar-refractivity contribution in [3.8, 4) is 0 Å². The number of esters is 1. The molecule has 0 aliphatic heterocycles. The van der Waals surface area contributed by atoms with Gasteiger partial charge in [0.15, 0.2) is 16.0 Å². The van der Waals surface area contributed by atoms with Crippen LogP contribution in [0.3, 0.4) is 0 Å². The molecular formula is C20H18N4O2S3. The summed E-state index contributed by atoms with van der Waals surface area (Å²) in [7, 11) is 1.39. The zero-order valence-corrected chi connectivity index (χ0v) is 18.2. The molecule has 0 N–H and O–H groups in total. The number of hydrogen-bond acceptors (Lipinski definition) is 8. The second-order valence-corrected chi connectivity index (χ2v) is 9.68. The molecule has 0 saturated carbocycles. The number of fused-ring (bicyclic) bond motifs is 5. The molecule has 3 heterocycles. The molecule has 0 fully saturated rings. The molecule has 1 aromatic carbocycles. The first-order valence-corrected chi connectivity index (χ1v) is 12.1. The van der Waals surface area contributed by atoms with Crippen molar-refractivity contribution in [2.45, 2.75) is 35.3 Å². The maximum atomic E-state index is 11.6. The topological polar surface area (TPSA) is 69.4 Å². The third kappa shape index (κ3) is 3.51. The van der Waals surface area contributed by atoms with Crippen LogP contribution in [-0.2, 0) is 28.1 Å². The van der Waals surface area contributed by atoms with Crippen LogP contribution in [0.1, 0.15) is 22.4 Å². The van der Waals surface area contributed by atoms with Crippen molar-refractivity contribution in [1.29, 1.82) is 0 Å². The van der Waals surface area contributed by atoms with Crippen molar-refractivity contribution in [3.05, 3.63) is 46.3 Å². The normalized spacial score (nSPS) is 13.3. The van der Waals surface area contributed by atoms with E-state index in [4.69, 9.17) is 9.72 Å². The number of thioether (sulfide) groups is 2. The van der Waals surface area contributed by atoms with Gasteiger partial charge in [0.1, 0.15) is 4.83 Å². The fourth-order valence-corrected chi connectivity index (χ4v) is 6.62. The summed E-state index contributed by atoms with van der Waals surface area (Å²) in [5, 5.41) is 11.6. The maximum absolute atomic E-state index is 11.6. The zero-order valence-electron chi connectivity index (χ0n) is 15.8. The van der Waals surface area contributed by atoms with Crippen molar-refractivity contribution >= 4 is 56.7 Å². The Balaban J connectivity index is 1.60. The van der Waals surface area contributed by atoms with E-state index < -0.39 is 0 Å². The molecule has 5 rings (SSSR count). The van der Waals surface area contributed by atoms with Crippen molar-refractivity contribution in [3.63, 3.8) is 0 Å². The number of thiophene rings is 1. The zero-order chi connectivity index (χ0) is 19.8. The Kier molecular flexibility index (Phi) is 5.19. The molecule has 0 atom stereocenters. The summed E-state index contributed by atoms with van der Waals surface area (Å²) in [4.78, 5) is 19.1. The fraction of sp³-hybridized carbons (Fsp3) is 0.300. The summed E-state index contributed by atoms with van der Waals surface area (Å²) in [6.07, 6.45) is 3.37. The van der Waals surface area contributed by atoms with Gasteiger partial charge in [0.2, 0.25) is 0 Å². The summed E-state index contributed by atoms with van der Waals surface area (Å²) in [5.74, 6) is 0.717. The van der Waals surface area contributed by atoms with Crippen LogP contribution >= 0.6 is 34.9 Å². The van der Waals surface area contributed by atoms with E-state index >= 15 is 0 Å². The van der Waals surface area contributed by atoms with Gasteiger partial charge in [-0.2, -0.15) is 0 Å². The van der Waals surface area contributed by atoms with E-state index in [0.717, 1.165) is 39.6 Å². The molecule has 0 unspecified atom stereocenters. The molecule has 0 bridgehead atoms. The summed E-state index contributed by atoms with van der Waals surface area (Å²) in [6.45, 7) is 0. The average molecular weight is 443 g/mol. The molecule has 1 aliphatic carbocycles. The lowest BCUT2D eigenvalue weighted by Gasteiger charge is -2.08. The molecular weight excluding hydrogens is 424 g/mol. The van der Waals surface area contributed by atoms with Crippen molar-refractivity contribution in [2.24, 2.45) is 0 Å². The van der Waals surface area contributed by atoms with Gasteiger partial charge in [-0.3, -0.25) is 4.79 Å². The highest BCUT2D eigenvalue weighted by Gasteiger charge is 2.25. The third-order valence-electron chi connectivity index (χ3n) is 4.91. The van der Waals surface area contributed by atoms with E-state index in [9.17, 15) is 4.79 Å². The minimum absolute atomic E-state index is 0.194. The molecule has 9 heteroatoms. The largest absolute Gasteiger partial charge is 0.468 e. The maximum Gasteiger partial charge on any atom is 0.316 e. The first kappa shape index (κ1) is 18.9. The first-order chi connectivity index (χ1) is 14.2. The van der Waals surface area contributed by atoms with E-state index in [1.165, 1.54) is 41.3 Å². The lowest BCUT2D eigenvalue weighted by Crippen LogP contribution is -2.04. The van der Waals surface area contributed by atoms with E-state index in [2.05, 4.69) is 22.3 Å². The van der Waals surface area contributed by atoms with Gasteiger partial charge in [0.25, 0.3) is 0 Å². The minimum Gasteiger partial charge on any atom is -0.468 e. The Bertz CT molecular complexity index is 1200. The van der Waals surface area contributed by atoms with Crippen LogP contribution in [0.4, 0.5) is 0 Å². The highest BCUT2D eigenvalue weighted by atomic mass is 32.2. The SMILES string of the molecule is COC(=O)CSc1nnc2c3c4c(sc3nc(SCc3ccccc3)n12)CCC4. The number of methoxy groups -OCH3 is 1. The predicted molar refractivity (Wildman–Crippen MR) is 117 cm³/mol. The standard InChI is InChI=1S/C20H18N4O2S3/c1-26-15(25)11-28-20-23-22-17-16-13-8-5-9-14(13)29-18(16)21-19(24(17)20)27-10-12-6-3-2-4-7-12/h2-4,6-7H,5,8-11H2,1H3. The van der Waals surface area contributed by atoms with E-state index in [1.807, 2.05) is 22.6 Å². The highest BCUT2D eigenvalue weighted by Crippen LogP contribution is 2.40. The quantitative estimate of drug-likeness (QED) is 0.249. The number of carbonyl (C=O) groups is 1. The van der Waals surface area contributed by atoms with Gasteiger partial charge in [-0.15, -0.1) is 21.5 Å². The Morgan fingerprint density at radius 2 is 2.03 bits per heavy atom. The van der Waals surface area contributed by atoms with E-state index in [-0.39, 0.29) is 11.7 Å². The van der Waals surface area contributed by atoms with Crippen LogP contribution in [0.15, 0.2) is 40.6 Å². The smallest absolute Gasteiger partial charge is 0.316 e. The van der Waals surface area contributed by atoms with Crippen LogP contribution in [-0.4, -0.2) is 38.4 Å². The number of benzene rings is 1. The van der Waals surface area contributed by atoms with Gasteiger partial charge in [-0.25, -0.2) is 9.38 Å². The monoisotopic (exact) mass is 442 g/mol. The average Bonchev–Trinajstić information content (AvgIpc) is 3.45. The Morgan fingerprint density at radius 1 is 1.17 bits per heavy atom.